The molecular formula is C16H28N4S. The van der Waals surface area contributed by atoms with E-state index < -0.39 is 0 Å². The van der Waals surface area contributed by atoms with Crippen LogP contribution in [0, 0.1) is 16.7 Å². The molecular weight excluding hydrogens is 280 g/mol. The zero-order valence-electron chi connectivity index (χ0n) is 14.1. The summed E-state index contributed by atoms with van der Waals surface area (Å²) in [5.74, 6) is 2.52. The number of nitrogens with one attached hydrogen (secondary N) is 2. The average molecular weight is 308 g/mol. The minimum Gasteiger partial charge on any atom is -0.370 e. The van der Waals surface area contributed by atoms with Gasteiger partial charge in [0.05, 0.1) is 0 Å². The summed E-state index contributed by atoms with van der Waals surface area (Å²) in [5.41, 5.74) is 0.803. The molecule has 0 amide bonds. The molecule has 0 atom stereocenters. The van der Waals surface area contributed by atoms with Crippen molar-refractivity contribution in [2.24, 2.45) is 16.7 Å². The molecule has 4 nitrogen and oxygen atoms in total. The van der Waals surface area contributed by atoms with Gasteiger partial charge in [-0.15, -0.1) is 0 Å². The summed E-state index contributed by atoms with van der Waals surface area (Å²) in [6, 6.07) is 2.01. The average Bonchev–Trinajstić information content (AvgIpc) is 2.83. The minimum atomic E-state index is 0.401. The van der Waals surface area contributed by atoms with Crippen molar-refractivity contribution in [1.29, 1.82) is 0 Å². The lowest BCUT2D eigenvalue weighted by molar-refractivity contribution is 0.457. The molecule has 2 N–H and O–H groups in total. The molecule has 1 aromatic rings. The summed E-state index contributed by atoms with van der Waals surface area (Å²) in [6.07, 6.45) is 3.10. The summed E-state index contributed by atoms with van der Waals surface area (Å²) < 4.78 is 0. The lowest BCUT2D eigenvalue weighted by Crippen LogP contribution is -2.11. The van der Waals surface area contributed by atoms with Crippen molar-refractivity contribution in [3.05, 3.63) is 6.07 Å². The highest BCUT2D eigenvalue weighted by molar-refractivity contribution is 7.98. The highest BCUT2D eigenvalue weighted by Crippen LogP contribution is 2.68. The van der Waals surface area contributed by atoms with Gasteiger partial charge in [0.25, 0.3) is 0 Å². The molecule has 1 aliphatic rings. The number of aromatic nitrogens is 2. The first-order chi connectivity index (χ1) is 9.82. The number of hydrogen-bond acceptors (Lipinski definition) is 5. The molecule has 0 spiro atoms. The van der Waals surface area contributed by atoms with Gasteiger partial charge in [0.2, 0.25) is 0 Å². The maximum absolute atomic E-state index is 4.56. The van der Waals surface area contributed by atoms with Gasteiger partial charge in [-0.25, -0.2) is 9.97 Å². The molecule has 1 fully saturated rings. The molecule has 0 bridgehead atoms. The van der Waals surface area contributed by atoms with Crippen LogP contribution in [0.3, 0.4) is 0 Å². The SMILES string of the molecule is CCCNc1cc(NCC2C(C)(C)C2(C)C)nc(SC)n1. The number of thioether (sulfide) groups is 1. The molecule has 2 rings (SSSR count). The van der Waals surface area contributed by atoms with Crippen molar-refractivity contribution in [2.45, 2.75) is 46.2 Å². The smallest absolute Gasteiger partial charge is 0.191 e. The summed E-state index contributed by atoms with van der Waals surface area (Å²) in [4.78, 5) is 9.05. The van der Waals surface area contributed by atoms with Crippen LogP contribution in [-0.4, -0.2) is 29.3 Å². The van der Waals surface area contributed by atoms with E-state index in [-0.39, 0.29) is 0 Å². The fourth-order valence-electron chi connectivity index (χ4n) is 3.00. The van der Waals surface area contributed by atoms with E-state index in [1.54, 1.807) is 11.8 Å². The Morgan fingerprint density at radius 3 is 2.14 bits per heavy atom. The van der Waals surface area contributed by atoms with Crippen molar-refractivity contribution in [3.8, 4) is 0 Å². The molecule has 0 aliphatic heterocycles. The van der Waals surface area contributed by atoms with Gasteiger partial charge in [0.15, 0.2) is 5.16 Å². The van der Waals surface area contributed by atoms with Crippen molar-refractivity contribution in [1.82, 2.24) is 9.97 Å². The summed E-state index contributed by atoms with van der Waals surface area (Å²) in [5, 5.41) is 7.66. The Kier molecular flexibility index (Phi) is 4.71. The van der Waals surface area contributed by atoms with Crippen molar-refractivity contribution in [3.63, 3.8) is 0 Å². The van der Waals surface area contributed by atoms with E-state index in [1.807, 2.05) is 12.3 Å². The van der Waals surface area contributed by atoms with Gasteiger partial charge in [-0.3, -0.25) is 0 Å². The van der Waals surface area contributed by atoms with Gasteiger partial charge in [-0.05, 0) is 29.4 Å². The first-order valence-electron chi connectivity index (χ1n) is 7.73. The minimum absolute atomic E-state index is 0.401. The molecule has 1 saturated carbocycles. The van der Waals surface area contributed by atoms with Crippen molar-refractivity contribution < 1.29 is 0 Å². The maximum Gasteiger partial charge on any atom is 0.191 e. The van der Waals surface area contributed by atoms with E-state index in [4.69, 9.17) is 0 Å². The zero-order chi connectivity index (χ0) is 15.7. The fourth-order valence-corrected chi connectivity index (χ4v) is 3.38. The molecule has 0 saturated heterocycles. The van der Waals surface area contributed by atoms with Gasteiger partial charge in [-0.1, -0.05) is 46.4 Å². The monoisotopic (exact) mass is 308 g/mol. The van der Waals surface area contributed by atoms with Gasteiger partial charge < -0.3 is 10.6 Å². The third-order valence-corrected chi connectivity index (χ3v) is 5.80. The Morgan fingerprint density at radius 1 is 1.10 bits per heavy atom. The first kappa shape index (κ1) is 16.4. The molecule has 1 heterocycles. The van der Waals surface area contributed by atoms with Crippen LogP contribution in [0.4, 0.5) is 11.6 Å². The van der Waals surface area contributed by atoms with E-state index in [1.165, 1.54) is 0 Å². The lowest BCUT2D eigenvalue weighted by atomic mass is 10.0. The van der Waals surface area contributed by atoms with Gasteiger partial charge in [0.1, 0.15) is 11.6 Å². The van der Waals surface area contributed by atoms with E-state index >= 15 is 0 Å². The predicted molar refractivity (Wildman–Crippen MR) is 92.1 cm³/mol. The number of anilines is 2. The maximum atomic E-state index is 4.56. The zero-order valence-corrected chi connectivity index (χ0v) is 14.9. The van der Waals surface area contributed by atoms with Crippen LogP contribution in [0.25, 0.3) is 0 Å². The Morgan fingerprint density at radius 2 is 1.67 bits per heavy atom. The Bertz CT molecular complexity index is 485. The van der Waals surface area contributed by atoms with Crippen LogP contribution >= 0.6 is 11.8 Å². The molecule has 118 valence electrons. The van der Waals surface area contributed by atoms with Gasteiger partial charge in [0, 0.05) is 19.2 Å². The lowest BCUT2D eigenvalue weighted by Gasteiger charge is -2.11. The van der Waals surface area contributed by atoms with Crippen LogP contribution in [0.5, 0.6) is 0 Å². The topological polar surface area (TPSA) is 49.8 Å². The molecule has 5 heteroatoms. The summed E-state index contributed by atoms with van der Waals surface area (Å²) in [7, 11) is 0. The molecule has 0 radical (unpaired) electrons. The third-order valence-electron chi connectivity index (χ3n) is 5.25. The Balaban J connectivity index is 2.03. The van der Waals surface area contributed by atoms with Crippen LogP contribution in [-0.2, 0) is 0 Å². The molecule has 21 heavy (non-hydrogen) atoms. The number of rotatable bonds is 7. The largest absolute Gasteiger partial charge is 0.370 e. The second-order valence-electron chi connectivity index (χ2n) is 6.93. The fraction of sp³-hybridized carbons (Fsp3) is 0.750. The molecule has 0 aromatic carbocycles. The summed E-state index contributed by atoms with van der Waals surface area (Å²) in [6.45, 7) is 13.5. The highest BCUT2D eigenvalue weighted by atomic mass is 32.2. The van der Waals surface area contributed by atoms with E-state index in [0.717, 1.165) is 36.3 Å². The molecule has 1 aromatic heterocycles. The number of hydrogen-bond donors (Lipinski definition) is 2. The van der Waals surface area contributed by atoms with E-state index in [2.05, 4.69) is 55.2 Å². The Labute approximate surface area is 132 Å². The Hall–Kier alpha value is -0.970. The standard InChI is InChI=1S/C16H28N4S/c1-7-8-17-12-9-13(20-14(19-12)21-6)18-10-11-15(2,3)16(11,4)5/h9,11H,7-8,10H2,1-6H3,(H2,17,18,19,20). The normalized spacial score (nSPS) is 19.3. The van der Waals surface area contributed by atoms with Crippen LogP contribution in [0.2, 0.25) is 0 Å². The van der Waals surface area contributed by atoms with E-state index in [9.17, 15) is 0 Å². The quantitative estimate of drug-likeness (QED) is 0.586. The second-order valence-corrected chi connectivity index (χ2v) is 7.70. The van der Waals surface area contributed by atoms with Crippen LogP contribution < -0.4 is 10.6 Å². The molecule has 1 aliphatic carbocycles. The predicted octanol–water partition coefficient (Wildman–Crippen LogP) is 4.11. The van der Waals surface area contributed by atoms with Crippen molar-refractivity contribution in [2.75, 3.05) is 30.0 Å². The van der Waals surface area contributed by atoms with Crippen molar-refractivity contribution >= 4 is 23.4 Å². The van der Waals surface area contributed by atoms with Gasteiger partial charge >= 0.3 is 0 Å². The van der Waals surface area contributed by atoms with Gasteiger partial charge in [-0.2, -0.15) is 0 Å². The first-order valence-corrected chi connectivity index (χ1v) is 8.96. The van der Waals surface area contributed by atoms with Crippen LogP contribution in [0.1, 0.15) is 41.0 Å². The van der Waals surface area contributed by atoms with Crippen LogP contribution in [0.15, 0.2) is 11.2 Å². The van der Waals surface area contributed by atoms with E-state index in [0.29, 0.717) is 16.7 Å². The molecule has 0 unspecified atom stereocenters. The summed E-state index contributed by atoms with van der Waals surface area (Å²) >= 11 is 1.58. The number of nitrogens with zero attached hydrogens (tertiary/aromatic N) is 2. The second kappa shape index (κ2) is 6.03. The third kappa shape index (κ3) is 3.28. The highest BCUT2D eigenvalue weighted by Gasteiger charge is 2.64.